The molecule has 0 atom stereocenters. The Morgan fingerprint density at radius 2 is 2.07 bits per heavy atom. The number of nitrogens with zero attached hydrogens (tertiary/aromatic N) is 2. The molecule has 0 fully saturated rings. The molecular formula is C11H12FN3. The Labute approximate surface area is 87.3 Å². The first-order valence-electron chi connectivity index (χ1n) is 4.75. The third-order valence-electron chi connectivity index (χ3n) is 2.27. The van der Waals surface area contributed by atoms with Crippen LogP contribution in [-0.4, -0.2) is 9.78 Å². The van der Waals surface area contributed by atoms with Crippen molar-refractivity contribution in [2.45, 2.75) is 13.1 Å². The van der Waals surface area contributed by atoms with E-state index in [1.54, 1.807) is 29.2 Å². The second-order valence-electron chi connectivity index (χ2n) is 3.30. The molecular weight excluding hydrogens is 193 g/mol. The van der Waals surface area contributed by atoms with Gasteiger partial charge in [-0.25, -0.2) is 4.39 Å². The van der Waals surface area contributed by atoms with Gasteiger partial charge >= 0.3 is 0 Å². The summed E-state index contributed by atoms with van der Waals surface area (Å²) < 4.78 is 15.4. The smallest absolute Gasteiger partial charge is 0.132 e. The van der Waals surface area contributed by atoms with Crippen molar-refractivity contribution in [1.82, 2.24) is 9.78 Å². The molecule has 0 amide bonds. The van der Waals surface area contributed by atoms with E-state index in [-0.39, 0.29) is 12.4 Å². The summed E-state index contributed by atoms with van der Waals surface area (Å²) in [5.74, 6) is -0.226. The zero-order valence-electron chi connectivity index (χ0n) is 8.23. The van der Waals surface area contributed by atoms with Crippen LogP contribution in [0.25, 0.3) is 0 Å². The zero-order chi connectivity index (χ0) is 10.7. The van der Waals surface area contributed by atoms with Crippen LogP contribution in [0.1, 0.15) is 11.1 Å². The lowest BCUT2D eigenvalue weighted by molar-refractivity contribution is 0.572. The van der Waals surface area contributed by atoms with Crippen molar-refractivity contribution < 1.29 is 4.39 Å². The summed E-state index contributed by atoms with van der Waals surface area (Å²) in [4.78, 5) is 0. The molecule has 0 aliphatic carbocycles. The molecule has 0 unspecified atom stereocenters. The Bertz CT molecular complexity index is 437. The van der Waals surface area contributed by atoms with Crippen molar-refractivity contribution in [3.05, 3.63) is 53.6 Å². The van der Waals surface area contributed by atoms with Gasteiger partial charge in [-0.2, -0.15) is 5.10 Å². The third-order valence-corrected chi connectivity index (χ3v) is 2.27. The van der Waals surface area contributed by atoms with Gasteiger partial charge in [-0.15, -0.1) is 0 Å². The zero-order valence-corrected chi connectivity index (χ0v) is 8.23. The van der Waals surface area contributed by atoms with E-state index in [0.717, 1.165) is 0 Å². The number of aromatic nitrogens is 2. The molecule has 3 nitrogen and oxygen atoms in total. The predicted octanol–water partition coefficient (Wildman–Crippen LogP) is 1.53. The molecule has 0 bridgehead atoms. The maximum absolute atomic E-state index is 13.7. The van der Waals surface area contributed by atoms with E-state index in [1.807, 2.05) is 12.1 Å². The largest absolute Gasteiger partial charge is 0.326 e. The van der Waals surface area contributed by atoms with Crippen molar-refractivity contribution >= 4 is 0 Å². The van der Waals surface area contributed by atoms with E-state index in [9.17, 15) is 4.39 Å². The highest BCUT2D eigenvalue weighted by atomic mass is 19.1. The molecule has 0 aliphatic rings. The fourth-order valence-electron chi connectivity index (χ4n) is 1.48. The van der Waals surface area contributed by atoms with Gasteiger partial charge < -0.3 is 5.73 Å². The highest BCUT2D eigenvalue weighted by Gasteiger charge is 2.06. The van der Waals surface area contributed by atoms with Crippen molar-refractivity contribution in [1.29, 1.82) is 0 Å². The molecule has 2 aromatic rings. The average molecular weight is 205 g/mol. The summed E-state index contributed by atoms with van der Waals surface area (Å²) >= 11 is 0. The predicted molar refractivity (Wildman–Crippen MR) is 55.6 cm³/mol. The molecule has 0 radical (unpaired) electrons. The Kier molecular flexibility index (Phi) is 2.78. The molecule has 0 spiro atoms. The minimum Gasteiger partial charge on any atom is -0.326 e. The van der Waals surface area contributed by atoms with Crippen molar-refractivity contribution in [2.24, 2.45) is 5.73 Å². The molecule has 15 heavy (non-hydrogen) atoms. The van der Waals surface area contributed by atoms with Crippen LogP contribution < -0.4 is 5.73 Å². The third kappa shape index (κ3) is 2.05. The highest BCUT2D eigenvalue weighted by molar-refractivity contribution is 5.26. The molecule has 2 N–H and O–H groups in total. The van der Waals surface area contributed by atoms with Crippen LogP contribution in [0.5, 0.6) is 0 Å². The minimum absolute atomic E-state index is 0.221. The summed E-state index contributed by atoms with van der Waals surface area (Å²) in [6.07, 6.45) is 3.47. The number of halogens is 1. The van der Waals surface area contributed by atoms with Crippen molar-refractivity contribution in [3.8, 4) is 0 Å². The van der Waals surface area contributed by atoms with Gasteiger partial charge in [0, 0.05) is 30.1 Å². The first kappa shape index (κ1) is 9.86. The molecule has 1 heterocycles. The summed E-state index contributed by atoms with van der Waals surface area (Å²) in [5, 5.41) is 4.03. The SMILES string of the molecule is NCc1cccc(Cn2cccn2)c1F. The number of nitrogens with two attached hydrogens (primary N) is 1. The quantitative estimate of drug-likeness (QED) is 0.825. The maximum Gasteiger partial charge on any atom is 0.132 e. The molecule has 4 heteroatoms. The summed E-state index contributed by atoms with van der Waals surface area (Å²) in [7, 11) is 0. The minimum atomic E-state index is -0.226. The van der Waals surface area contributed by atoms with Gasteiger partial charge in [0.1, 0.15) is 5.82 Å². The van der Waals surface area contributed by atoms with Gasteiger partial charge in [0.15, 0.2) is 0 Å². The van der Waals surface area contributed by atoms with Gasteiger partial charge in [-0.1, -0.05) is 18.2 Å². The summed E-state index contributed by atoms with van der Waals surface area (Å²) in [6.45, 7) is 0.658. The van der Waals surface area contributed by atoms with Crippen LogP contribution in [0, 0.1) is 5.82 Å². The van der Waals surface area contributed by atoms with Gasteiger partial charge in [-0.05, 0) is 6.07 Å². The van der Waals surface area contributed by atoms with E-state index < -0.39 is 0 Å². The molecule has 0 saturated carbocycles. The maximum atomic E-state index is 13.7. The van der Waals surface area contributed by atoms with Gasteiger partial charge in [0.05, 0.1) is 6.54 Å². The Morgan fingerprint density at radius 1 is 1.27 bits per heavy atom. The summed E-state index contributed by atoms with van der Waals surface area (Å²) in [5.41, 5.74) is 6.58. The molecule has 2 rings (SSSR count). The Hall–Kier alpha value is -1.68. The van der Waals surface area contributed by atoms with E-state index in [1.165, 1.54) is 0 Å². The standard InChI is InChI=1S/C11H12FN3/c12-11-9(7-13)3-1-4-10(11)8-15-6-2-5-14-15/h1-6H,7-8,13H2. The van der Waals surface area contributed by atoms with E-state index in [2.05, 4.69) is 5.10 Å². The highest BCUT2D eigenvalue weighted by Crippen LogP contribution is 2.13. The second-order valence-corrected chi connectivity index (χ2v) is 3.30. The lowest BCUT2D eigenvalue weighted by atomic mass is 10.1. The van der Waals surface area contributed by atoms with Crippen LogP contribution >= 0.6 is 0 Å². The summed E-state index contributed by atoms with van der Waals surface area (Å²) in [6, 6.07) is 7.06. The van der Waals surface area contributed by atoms with Gasteiger partial charge in [-0.3, -0.25) is 4.68 Å². The number of hydrogen-bond acceptors (Lipinski definition) is 2. The van der Waals surface area contributed by atoms with Crippen molar-refractivity contribution in [2.75, 3.05) is 0 Å². The Balaban J connectivity index is 2.29. The number of rotatable bonds is 3. The molecule has 0 aliphatic heterocycles. The van der Waals surface area contributed by atoms with Gasteiger partial charge in [0.25, 0.3) is 0 Å². The lowest BCUT2D eigenvalue weighted by Crippen LogP contribution is -2.06. The van der Waals surface area contributed by atoms with Gasteiger partial charge in [0.2, 0.25) is 0 Å². The Morgan fingerprint density at radius 3 is 2.73 bits per heavy atom. The number of benzene rings is 1. The van der Waals surface area contributed by atoms with E-state index >= 15 is 0 Å². The van der Waals surface area contributed by atoms with Crippen LogP contribution in [0.3, 0.4) is 0 Å². The molecule has 1 aromatic heterocycles. The van der Waals surface area contributed by atoms with E-state index in [4.69, 9.17) is 5.73 Å². The van der Waals surface area contributed by atoms with Crippen LogP contribution in [0.4, 0.5) is 4.39 Å². The topological polar surface area (TPSA) is 43.8 Å². The fourth-order valence-corrected chi connectivity index (χ4v) is 1.48. The first-order chi connectivity index (χ1) is 7.31. The van der Waals surface area contributed by atoms with Crippen LogP contribution in [-0.2, 0) is 13.1 Å². The normalized spacial score (nSPS) is 10.5. The average Bonchev–Trinajstić information content (AvgIpc) is 2.74. The monoisotopic (exact) mass is 205 g/mol. The second kappa shape index (κ2) is 4.23. The first-order valence-corrected chi connectivity index (χ1v) is 4.75. The molecule has 0 saturated heterocycles. The molecule has 1 aromatic carbocycles. The van der Waals surface area contributed by atoms with E-state index in [0.29, 0.717) is 17.7 Å². The fraction of sp³-hybridized carbons (Fsp3) is 0.182. The van der Waals surface area contributed by atoms with Crippen LogP contribution in [0.15, 0.2) is 36.7 Å². The number of hydrogen-bond donors (Lipinski definition) is 1. The van der Waals surface area contributed by atoms with Crippen molar-refractivity contribution in [3.63, 3.8) is 0 Å². The van der Waals surface area contributed by atoms with Crippen LogP contribution in [0.2, 0.25) is 0 Å². The molecule has 78 valence electrons. The lowest BCUT2D eigenvalue weighted by Gasteiger charge is -2.06.